The quantitative estimate of drug-likeness (QED) is 0.660. The van der Waals surface area contributed by atoms with Gasteiger partial charge in [0.05, 0.1) is 0 Å². The Bertz CT molecular complexity index is 765. The molecule has 0 N–H and O–H groups in total. The summed E-state index contributed by atoms with van der Waals surface area (Å²) in [6, 6.07) is 11.8. The van der Waals surface area contributed by atoms with Gasteiger partial charge in [-0.1, -0.05) is 63.6 Å². The normalized spacial score (nSPS) is 10.6. The SMILES string of the molecule is C=c1c2cccc3cccc(c(=O)n1C)c32.CCCC. The Kier molecular flexibility index (Phi) is 4.23. The van der Waals surface area contributed by atoms with E-state index < -0.39 is 0 Å². The van der Waals surface area contributed by atoms with Gasteiger partial charge in [0.2, 0.25) is 0 Å². The molecule has 0 bridgehead atoms. The Balaban J connectivity index is 0.000000328. The molecule has 2 aromatic carbocycles. The largest absolute Gasteiger partial charge is 0.311 e. The first-order chi connectivity index (χ1) is 9.61. The highest BCUT2D eigenvalue weighted by atomic mass is 16.1. The van der Waals surface area contributed by atoms with Crippen molar-refractivity contribution in [2.45, 2.75) is 26.7 Å². The third kappa shape index (κ3) is 2.34. The van der Waals surface area contributed by atoms with Crippen molar-refractivity contribution in [3.63, 3.8) is 0 Å². The van der Waals surface area contributed by atoms with Crippen LogP contribution in [0.5, 0.6) is 0 Å². The number of pyridine rings is 1. The van der Waals surface area contributed by atoms with Crippen molar-refractivity contribution in [2.24, 2.45) is 7.05 Å². The van der Waals surface area contributed by atoms with E-state index in [0.29, 0.717) is 0 Å². The second-order valence-corrected chi connectivity index (χ2v) is 5.02. The minimum Gasteiger partial charge on any atom is -0.311 e. The summed E-state index contributed by atoms with van der Waals surface area (Å²) in [4.78, 5) is 12.1. The van der Waals surface area contributed by atoms with Crippen LogP contribution < -0.4 is 10.9 Å². The Labute approximate surface area is 119 Å². The van der Waals surface area contributed by atoms with Gasteiger partial charge < -0.3 is 4.57 Å². The molecule has 0 aliphatic heterocycles. The zero-order valence-electron chi connectivity index (χ0n) is 12.4. The molecule has 0 aliphatic rings. The van der Waals surface area contributed by atoms with Gasteiger partial charge in [0.15, 0.2) is 0 Å². The number of benzene rings is 2. The van der Waals surface area contributed by atoms with Crippen LogP contribution in [0.1, 0.15) is 26.7 Å². The molecule has 0 amide bonds. The molecule has 104 valence electrons. The lowest BCUT2D eigenvalue weighted by Gasteiger charge is -2.08. The molecule has 0 saturated heterocycles. The Morgan fingerprint density at radius 3 is 2.10 bits per heavy atom. The van der Waals surface area contributed by atoms with E-state index in [4.69, 9.17) is 0 Å². The van der Waals surface area contributed by atoms with E-state index in [9.17, 15) is 4.79 Å². The molecule has 1 aromatic heterocycles. The van der Waals surface area contributed by atoms with Gasteiger partial charge in [-0.25, -0.2) is 0 Å². The van der Waals surface area contributed by atoms with E-state index in [2.05, 4.69) is 20.4 Å². The molecule has 0 unspecified atom stereocenters. The summed E-state index contributed by atoms with van der Waals surface area (Å²) in [5.74, 6) is 0. The lowest BCUT2D eigenvalue weighted by molar-refractivity contribution is 0.849. The Morgan fingerprint density at radius 1 is 1.00 bits per heavy atom. The molecule has 2 nitrogen and oxygen atoms in total. The van der Waals surface area contributed by atoms with E-state index >= 15 is 0 Å². The molecule has 3 aromatic rings. The topological polar surface area (TPSA) is 22.0 Å². The van der Waals surface area contributed by atoms with Crippen molar-refractivity contribution in [3.05, 3.63) is 52.1 Å². The minimum absolute atomic E-state index is 0.0225. The lowest BCUT2D eigenvalue weighted by Crippen LogP contribution is -2.30. The zero-order valence-corrected chi connectivity index (χ0v) is 12.4. The first-order valence-corrected chi connectivity index (χ1v) is 7.10. The van der Waals surface area contributed by atoms with Crippen LogP contribution in [0.25, 0.3) is 28.1 Å². The van der Waals surface area contributed by atoms with Crippen LogP contribution in [0, 0.1) is 0 Å². The van der Waals surface area contributed by atoms with Gasteiger partial charge in [0, 0.05) is 28.6 Å². The molecule has 1 heterocycles. The van der Waals surface area contributed by atoms with Gasteiger partial charge in [0.25, 0.3) is 5.56 Å². The number of aromatic nitrogens is 1. The summed E-state index contributed by atoms with van der Waals surface area (Å²) in [6.07, 6.45) is 2.64. The highest BCUT2D eigenvalue weighted by Crippen LogP contribution is 2.21. The molecule has 20 heavy (non-hydrogen) atoms. The van der Waals surface area contributed by atoms with Crippen LogP contribution in [-0.2, 0) is 7.05 Å². The van der Waals surface area contributed by atoms with Crippen LogP contribution in [0.3, 0.4) is 0 Å². The third-order valence-electron chi connectivity index (χ3n) is 3.66. The van der Waals surface area contributed by atoms with Gasteiger partial charge in [-0.3, -0.25) is 4.79 Å². The average molecular weight is 267 g/mol. The van der Waals surface area contributed by atoms with Crippen LogP contribution in [0.4, 0.5) is 0 Å². The highest BCUT2D eigenvalue weighted by Gasteiger charge is 2.07. The van der Waals surface area contributed by atoms with E-state index in [-0.39, 0.29) is 5.56 Å². The van der Waals surface area contributed by atoms with Crippen LogP contribution in [0.2, 0.25) is 0 Å². The van der Waals surface area contributed by atoms with E-state index in [0.717, 1.165) is 26.9 Å². The molecule has 0 fully saturated rings. The number of hydrogen-bond acceptors (Lipinski definition) is 1. The Hall–Kier alpha value is -2.09. The van der Waals surface area contributed by atoms with Crippen molar-refractivity contribution >= 4 is 28.1 Å². The highest BCUT2D eigenvalue weighted by molar-refractivity contribution is 6.09. The first-order valence-electron chi connectivity index (χ1n) is 7.10. The smallest absolute Gasteiger partial charge is 0.258 e. The van der Waals surface area contributed by atoms with Gasteiger partial charge in [-0.05, 0) is 11.5 Å². The minimum atomic E-state index is 0.0225. The van der Waals surface area contributed by atoms with Gasteiger partial charge in [0.1, 0.15) is 0 Å². The van der Waals surface area contributed by atoms with Crippen molar-refractivity contribution in [2.75, 3.05) is 0 Å². The summed E-state index contributed by atoms with van der Waals surface area (Å²) in [7, 11) is 1.76. The van der Waals surface area contributed by atoms with Gasteiger partial charge in [-0.15, -0.1) is 0 Å². The van der Waals surface area contributed by atoms with Crippen LogP contribution >= 0.6 is 0 Å². The predicted octanol–water partition coefficient (Wildman–Crippen LogP) is 3.63. The number of unbranched alkanes of at least 4 members (excludes halogenated alkanes) is 1. The molecule has 0 radical (unpaired) electrons. The molecule has 2 heteroatoms. The second kappa shape index (κ2) is 5.91. The fourth-order valence-corrected chi connectivity index (χ4v) is 2.24. The summed E-state index contributed by atoms with van der Waals surface area (Å²) < 4.78 is 1.61. The molecular formula is C18H21NO. The van der Waals surface area contributed by atoms with Crippen LogP contribution in [-0.4, -0.2) is 4.57 Å². The molecular weight excluding hydrogens is 246 g/mol. The van der Waals surface area contributed by atoms with Crippen molar-refractivity contribution in [3.8, 4) is 0 Å². The van der Waals surface area contributed by atoms with Crippen molar-refractivity contribution in [1.82, 2.24) is 4.57 Å². The molecule has 3 rings (SSSR count). The van der Waals surface area contributed by atoms with E-state index in [1.165, 1.54) is 12.8 Å². The molecule has 0 atom stereocenters. The summed E-state index contributed by atoms with van der Waals surface area (Å²) in [6.45, 7) is 8.34. The Morgan fingerprint density at radius 2 is 1.55 bits per heavy atom. The van der Waals surface area contributed by atoms with Gasteiger partial charge in [-0.2, -0.15) is 0 Å². The van der Waals surface area contributed by atoms with Gasteiger partial charge >= 0.3 is 0 Å². The van der Waals surface area contributed by atoms with Crippen molar-refractivity contribution in [1.29, 1.82) is 0 Å². The van der Waals surface area contributed by atoms with E-state index in [1.54, 1.807) is 11.6 Å². The number of hydrogen-bond donors (Lipinski definition) is 0. The summed E-state index contributed by atoms with van der Waals surface area (Å²) in [5, 5.41) is 4.71. The van der Waals surface area contributed by atoms with E-state index in [1.807, 2.05) is 36.4 Å². The van der Waals surface area contributed by atoms with Crippen molar-refractivity contribution < 1.29 is 0 Å². The summed E-state index contributed by atoms with van der Waals surface area (Å²) in [5.41, 5.74) is 0.0225. The first kappa shape index (κ1) is 14.3. The zero-order chi connectivity index (χ0) is 14.7. The maximum Gasteiger partial charge on any atom is 0.258 e. The third-order valence-corrected chi connectivity index (χ3v) is 3.66. The number of rotatable bonds is 1. The predicted molar refractivity (Wildman–Crippen MR) is 88.0 cm³/mol. The second-order valence-electron chi connectivity index (χ2n) is 5.02. The average Bonchev–Trinajstić information content (AvgIpc) is 2.50. The maximum atomic E-state index is 12.1. The van der Waals surface area contributed by atoms with Crippen LogP contribution in [0.15, 0.2) is 41.2 Å². The standard InChI is InChI=1S/C14H11NO.C4H10/c1-9-11-7-3-5-10-6-4-8-12(13(10)11)14(16)15(9)2;1-3-4-2/h3-8H,1H2,2H3;3-4H2,1-2H3. The molecule has 0 spiro atoms. The lowest BCUT2D eigenvalue weighted by atomic mass is 10.0. The summed E-state index contributed by atoms with van der Waals surface area (Å²) >= 11 is 0. The monoisotopic (exact) mass is 267 g/mol. The fraction of sp³-hybridized carbons (Fsp3) is 0.278. The fourth-order valence-electron chi connectivity index (χ4n) is 2.24. The molecule has 0 saturated carbocycles. The maximum absolute atomic E-state index is 12.1. The number of nitrogens with zero attached hydrogens (tertiary/aromatic N) is 1. The molecule has 0 aliphatic carbocycles.